The summed E-state index contributed by atoms with van der Waals surface area (Å²) < 4.78 is 43.5. The Kier molecular flexibility index (Phi) is 4.29. The van der Waals surface area contributed by atoms with Crippen LogP contribution in [0.25, 0.3) is 0 Å². The second kappa shape index (κ2) is 6.74. The fraction of sp³-hybridized carbons (Fsp3) is 0.550. The van der Waals surface area contributed by atoms with Gasteiger partial charge in [0.05, 0.1) is 5.56 Å². The van der Waals surface area contributed by atoms with Crippen LogP contribution in [0.15, 0.2) is 22.9 Å². The van der Waals surface area contributed by atoms with Crippen LogP contribution in [-0.2, 0) is 19.0 Å². The zero-order valence-corrected chi connectivity index (χ0v) is 15.8. The summed E-state index contributed by atoms with van der Waals surface area (Å²) in [6.45, 7) is 2.62. The van der Waals surface area contributed by atoms with Gasteiger partial charge in [-0.05, 0) is 31.4 Å². The molecule has 4 heterocycles. The summed E-state index contributed by atoms with van der Waals surface area (Å²) in [4.78, 5) is 20.8. The molecule has 6 nitrogen and oxygen atoms in total. The summed E-state index contributed by atoms with van der Waals surface area (Å²) in [7, 11) is 0. The molecule has 2 aromatic heterocycles. The number of amides is 1. The minimum Gasteiger partial charge on any atom is -0.360 e. The first-order chi connectivity index (χ1) is 13.9. The molecule has 2 aliphatic heterocycles. The Labute approximate surface area is 165 Å². The zero-order valence-electron chi connectivity index (χ0n) is 15.8. The van der Waals surface area contributed by atoms with Crippen LogP contribution in [0, 0.1) is 11.8 Å². The number of carbonyl (C=O) groups is 1. The Balaban J connectivity index is 1.24. The molecule has 2 aromatic rings. The van der Waals surface area contributed by atoms with Crippen LogP contribution < -0.4 is 4.90 Å². The van der Waals surface area contributed by atoms with Crippen molar-refractivity contribution >= 4 is 11.7 Å². The van der Waals surface area contributed by atoms with E-state index in [0.29, 0.717) is 37.7 Å². The number of rotatable bonds is 2. The molecule has 29 heavy (non-hydrogen) atoms. The number of alkyl halides is 3. The second-order valence-electron chi connectivity index (χ2n) is 8.18. The average molecular weight is 406 g/mol. The van der Waals surface area contributed by atoms with Crippen molar-refractivity contribution in [1.29, 1.82) is 0 Å². The standard InChI is InChI=1S/C20H21F3N4O2/c21-20(22,23)14-5-6-17(24-7-14)26-8-12-10-27(11-13(12)9-26)19(28)18-15-3-1-2-4-16(15)29-25-18/h5-7,12-13H,1-4,8-11H2. The van der Waals surface area contributed by atoms with Crippen LogP contribution in [0.4, 0.5) is 19.0 Å². The van der Waals surface area contributed by atoms with Gasteiger partial charge < -0.3 is 14.3 Å². The molecule has 154 valence electrons. The smallest absolute Gasteiger partial charge is 0.360 e. The van der Waals surface area contributed by atoms with E-state index in [1.165, 1.54) is 6.07 Å². The van der Waals surface area contributed by atoms with Crippen LogP contribution in [0.5, 0.6) is 0 Å². The van der Waals surface area contributed by atoms with Crippen molar-refractivity contribution in [3.05, 3.63) is 40.9 Å². The van der Waals surface area contributed by atoms with Gasteiger partial charge in [-0.3, -0.25) is 4.79 Å². The first kappa shape index (κ1) is 18.4. The Morgan fingerprint density at radius 3 is 2.45 bits per heavy atom. The van der Waals surface area contributed by atoms with Gasteiger partial charge in [0.1, 0.15) is 11.6 Å². The predicted octanol–water partition coefficient (Wildman–Crippen LogP) is 3.18. The molecular weight excluding hydrogens is 385 g/mol. The van der Waals surface area contributed by atoms with Gasteiger partial charge >= 0.3 is 6.18 Å². The summed E-state index contributed by atoms with van der Waals surface area (Å²) in [5, 5.41) is 4.05. The first-order valence-corrected chi connectivity index (χ1v) is 9.95. The lowest BCUT2D eigenvalue weighted by Gasteiger charge is -2.22. The van der Waals surface area contributed by atoms with E-state index in [1.807, 2.05) is 9.80 Å². The Hall–Kier alpha value is -2.58. The van der Waals surface area contributed by atoms with Crippen molar-refractivity contribution in [1.82, 2.24) is 15.0 Å². The normalized spacial score (nSPS) is 24.0. The minimum absolute atomic E-state index is 0.0643. The molecule has 5 rings (SSSR count). The first-order valence-electron chi connectivity index (χ1n) is 9.95. The SMILES string of the molecule is O=C(c1noc2c1CCCC2)N1CC2CN(c3ccc(C(F)(F)F)cn3)CC2C1. The second-order valence-corrected chi connectivity index (χ2v) is 8.18. The summed E-state index contributed by atoms with van der Waals surface area (Å²) in [6, 6.07) is 2.49. The molecule has 3 aliphatic rings. The summed E-state index contributed by atoms with van der Waals surface area (Å²) >= 11 is 0. The minimum atomic E-state index is -4.38. The van der Waals surface area contributed by atoms with Crippen LogP contribution in [0.2, 0.25) is 0 Å². The maximum atomic E-state index is 13.0. The van der Waals surface area contributed by atoms with Crippen molar-refractivity contribution in [2.45, 2.75) is 31.9 Å². The van der Waals surface area contributed by atoms with E-state index >= 15 is 0 Å². The molecule has 1 amide bonds. The van der Waals surface area contributed by atoms with Gasteiger partial charge in [0.15, 0.2) is 5.69 Å². The van der Waals surface area contributed by atoms with Gasteiger partial charge in [-0.2, -0.15) is 13.2 Å². The number of aromatic nitrogens is 2. The summed E-state index contributed by atoms with van der Waals surface area (Å²) in [5.74, 6) is 1.90. The van der Waals surface area contributed by atoms with E-state index in [4.69, 9.17) is 4.52 Å². The molecule has 0 aromatic carbocycles. The highest BCUT2D eigenvalue weighted by Crippen LogP contribution is 2.36. The van der Waals surface area contributed by atoms with Crippen LogP contribution in [-0.4, -0.2) is 47.1 Å². The number of anilines is 1. The van der Waals surface area contributed by atoms with Crippen molar-refractivity contribution in [3.8, 4) is 0 Å². The highest BCUT2D eigenvalue weighted by atomic mass is 19.4. The predicted molar refractivity (Wildman–Crippen MR) is 97.5 cm³/mol. The van der Waals surface area contributed by atoms with Gasteiger partial charge in [0.2, 0.25) is 0 Å². The number of carbonyl (C=O) groups excluding carboxylic acids is 1. The topological polar surface area (TPSA) is 62.5 Å². The zero-order chi connectivity index (χ0) is 20.2. The van der Waals surface area contributed by atoms with E-state index in [-0.39, 0.29) is 17.7 Å². The summed E-state index contributed by atoms with van der Waals surface area (Å²) in [6.07, 6.45) is 0.303. The molecule has 2 saturated heterocycles. The van der Waals surface area contributed by atoms with Gasteiger partial charge in [0.25, 0.3) is 5.91 Å². The Morgan fingerprint density at radius 2 is 1.79 bits per heavy atom. The van der Waals surface area contributed by atoms with E-state index in [2.05, 4.69) is 10.1 Å². The number of hydrogen-bond donors (Lipinski definition) is 0. The number of aryl methyl sites for hydroxylation is 1. The fourth-order valence-electron chi connectivity index (χ4n) is 4.79. The molecule has 2 fully saturated rings. The maximum absolute atomic E-state index is 13.0. The lowest BCUT2D eigenvalue weighted by molar-refractivity contribution is -0.137. The third-order valence-corrected chi connectivity index (χ3v) is 6.33. The quantitative estimate of drug-likeness (QED) is 0.767. The molecule has 1 aliphatic carbocycles. The Morgan fingerprint density at radius 1 is 1.07 bits per heavy atom. The maximum Gasteiger partial charge on any atom is 0.417 e. The monoisotopic (exact) mass is 406 g/mol. The van der Waals surface area contributed by atoms with Gasteiger partial charge in [-0.25, -0.2) is 4.98 Å². The van der Waals surface area contributed by atoms with Crippen molar-refractivity contribution in [2.24, 2.45) is 11.8 Å². The number of hydrogen-bond acceptors (Lipinski definition) is 5. The van der Waals surface area contributed by atoms with E-state index in [0.717, 1.165) is 49.3 Å². The molecule has 0 radical (unpaired) electrons. The lowest BCUT2D eigenvalue weighted by atomic mass is 9.96. The molecule has 9 heteroatoms. The number of likely N-dealkylation sites (tertiary alicyclic amines) is 1. The highest BCUT2D eigenvalue weighted by Gasteiger charge is 2.43. The molecular formula is C20H21F3N4O2. The van der Waals surface area contributed by atoms with E-state index < -0.39 is 11.7 Å². The highest BCUT2D eigenvalue weighted by molar-refractivity contribution is 5.94. The third kappa shape index (κ3) is 3.26. The molecule has 2 atom stereocenters. The van der Waals surface area contributed by atoms with Gasteiger partial charge in [-0.1, -0.05) is 5.16 Å². The van der Waals surface area contributed by atoms with Crippen LogP contribution in [0.1, 0.15) is 40.2 Å². The van der Waals surface area contributed by atoms with Crippen molar-refractivity contribution in [2.75, 3.05) is 31.1 Å². The van der Waals surface area contributed by atoms with Crippen molar-refractivity contribution in [3.63, 3.8) is 0 Å². The third-order valence-electron chi connectivity index (χ3n) is 6.33. The van der Waals surface area contributed by atoms with Crippen LogP contribution in [0.3, 0.4) is 0 Å². The van der Waals surface area contributed by atoms with E-state index in [1.54, 1.807) is 0 Å². The Bertz CT molecular complexity index is 911. The number of fused-ring (bicyclic) bond motifs is 2. The van der Waals surface area contributed by atoms with E-state index in [9.17, 15) is 18.0 Å². The molecule has 0 spiro atoms. The largest absolute Gasteiger partial charge is 0.417 e. The number of pyridine rings is 1. The summed E-state index contributed by atoms with van der Waals surface area (Å²) in [5.41, 5.74) is 0.684. The molecule has 2 unspecified atom stereocenters. The molecule has 0 saturated carbocycles. The van der Waals surface area contributed by atoms with Crippen LogP contribution >= 0.6 is 0 Å². The number of halogens is 3. The lowest BCUT2D eigenvalue weighted by Crippen LogP contribution is -2.34. The van der Waals surface area contributed by atoms with Gasteiger partial charge in [-0.15, -0.1) is 0 Å². The molecule has 0 N–H and O–H groups in total. The van der Waals surface area contributed by atoms with Crippen molar-refractivity contribution < 1.29 is 22.5 Å². The molecule has 0 bridgehead atoms. The number of nitrogens with zero attached hydrogens (tertiary/aromatic N) is 4. The fourth-order valence-corrected chi connectivity index (χ4v) is 4.79. The average Bonchev–Trinajstić information content (AvgIpc) is 3.39. The van der Waals surface area contributed by atoms with Gasteiger partial charge in [0, 0.05) is 56.2 Å².